The Morgan fingerprint density at radius 1 is 1.53 bits per heavy atom. The molecule has 1 unspecified atom stereocenters. The lowest BCUT2D eigenvalue weighted by atomic mass is 10.2. The number of hydrogen-bond acceptors (Lipinski definition) is 5. The SMILES string of the molecule is CCN1CCN(C(=O)Cn2cc(CN)nn2)CC1C. The molecule has 7 nitrogen and oxygen atoms in total. The van der Waals surface area contributed by atoms with Crippen molar-refractivity contribution in [2.45, 2.75) is 33.0 Å². The lowest BCUT2D eigenvalue weighted by Gasteiger charge is -2.39. The second-order valence-electron chi connectivity index (χ2n) is 4.93. The van der Waals surface area contributed by atoms with Crippen LogP contribution < -0.4 is 5.73 Å². The molecule has 0 aliphatic carbocycles. The van der Waals surface area contributed by atoms with Crippen LogP contribution in [0.15, 0.2) is 6.20 Å². The van der Waals surface area contributed by atoms with Gasteiger partial charge in [0.2, 0.25) is 5.91 Å². The number of aromatic nitrogens is 3. The molecule has 2 N–H and O–H groups in total. The van der Waals surface area contributed by atoms with Crippen LogP contribution in [0.2, 0.25) is 0 Å². The predicted octanol–water partition coefficient (Wildman–Crippen LogP) is -0.711. The van der Waals surface area contributed by atoms with E-state index in [1.54, 1.807) is 10.9 Å². The fraction of sp³-hybridized carbons (Fsp3) is 0.750. The van der Waals surface area contributed by atoms with Crippen molar-refractivity contribution in [1.29, 1.82) is 0 Å². The minimum absolute atomic E-state index is 0.0936. The quantitative estimate of drug-likeness (QED) is 0.778. The van der Waals surface area contributed by atoms with E-state index in [0.29, 0.717) is 18.3 Å². The highest BCUT2D eigenvalue weighted by Crippen LogP contribution is 2.09. The van der Waals surface area contributed by atoms with E-state index < -0.39 is 0 Å². The maximum Gasteiger partial charge on any atom is 0.244 e. The van der Waals surface area contributed by atoms with E-state index >= 15 is 0 Å². The summed E-state index contributed by atoms with van der Waals surface area (Å²) in [5, 5.41) is 7.78. The molecule has 0 aromatic carbocycles. The molecule has 7 heteroatoms. The van der Waals surface area contributed by atoms with Crippen molar-refractivity contribution in [3.8, 4) is 0 Å². The number of rotatable bonds is 4. The van der Waals surface area contributed by atoms with E-state index in [9.17, 15) is 4.79 Å². The van der Waals surface area contributed by atoms with Crippen molar-refractivity contribution in [1.82, 2.24) is 24.8 Å². The van der Waals surface area contributed by atoms with Gasteiger partial charge in [-0.2, -0.15) is 0 Å². The van der Waals surface area contributed by atoms with Crippen LogP contribution in [0.5, 0.6) is 0 Å². The van der Waals surface area contributed by atoms with E-state index in [1.807, 2.05) is 4.90 Å². The molecule has 0 bridgehead atoms. The molecule has 1 saturated heterocycles. The maximum absolute atomic E-state index is 12.2. The van der Waals surface area contributed by atoms with E-state index in [0.717, 1.165) is 26.2 Å². The van der Waals surface area contributed by atoms with Gasteiger partial charge in [0.25, 0.3) is 0 Å². The first-order chi connectivity index (χ1) is 9.13. The molecular weight excluding hydrogens is 244 g/mol. The number of hydrogen-bond donors (Lipinski definition) is 1. The number of nitrogens with two attached hydrogens (primary N) is 1. The predicted molar refractivity (Wildman–Crippen MR) is 71.2 cm³/mol. The highest BCUT2D eigenvalue weighted by Gasteiger charge is 2.25. The first-order valence-electron chi connectivity index (χ1n) is 6.75. The van der Waals surface area contributed by atoms with Gasteiger partial charge >= 0.3 is 0 Å². The maximum atomic E-state index is 12.2. The normalized spacial score (nSPS) is 20.8. The molecule has 0 saturated carbocycles. The molecule has 1 atom stereocenters. The van der Waals surface area contributed by atoms with Crippen molar-refractivity contribution in [3.63, 3.8) is 0 Å². The largest absolute Gasteiger partial charge is 0.338 e. The summed E-state index contributed by atoms with van der Waals surface area (Å²) in [4.78, 5) is 16.5. The molecule has 1 aromatic rings. The molecule has 1 amide bonds. The van der Waals surface area contributed by atoms with Crippen LogP contribution in [0.1, 0.15) is 19.5 Å². The first kappa shape index (κ1) is 14.0. The number of carbonyl (C=O) groups excluding carboxylic acids is 1. The van der Waals surface area contributed by atoms with E-state index in [-0.39, 0.29) is 12.5 Å². The highest BCUT2D eigenvalue weighted by molar-refractivity contribution is 5.76. The number of piperazine rings is 1. The Hall–Kier alpha value is -1.47. The minimum Gasteiger partial charge on any atom is -0.338 e. The van der Waals surface area contributed by atoms with Crippen molar-refractivity contribution >= 4 is 5.91 Å². The lowest BCUT2D eigenvalue weighted by Crippen LogP contribution is -2.54. The minimum atomic E-state index is 0.0936. The molecule has 0 radical (unpaired) electrons. The molecule has 1 aliphatic heterocycles. The fourth-order valence-corrected chi connectivity index (χ4v) is 2.44. The lowest BCUT2D eigenvalue weighted by molar-refractivity contribution is -0.134. The van der Waals surface area contributed by atoms with E-state index in [1.165, 1.54) is 0 Å². The van der Waals surface area contributed by atoms with Gasteiger partial charge in [-0.15, -0.1) is 5.10 Å². The second kappa shape index (κ2) is 6.12. The highest BCUT2D eigenvalue weighted by atomic mass is 16.2. The molecule has 1 aromatic heterocycles. The van der Waals surface area contributed by atoms with Gasteiger partial charge in [0.15, 0.2) is 0 Å². The topological polar surface area (TPSA) is 80.3 Å². The van der Waals surface area contributed by atoms with Gasteiger partial charge in [0, 0.05) is 32.2 Å². The van der Waals surface area contributed by atoms with Crippen molar-refractivity contribution in [2.24, 2.45) is 5.73 Å². The Balaban J connectivity index is 1.90. The Bertz CT molecular complexity index is 432. The smallest absolute Gasteiger partial charge is 0.244 e. The van der Waals surface area contributed by atoms with Crippen molar-refractivity contribution < 1.29 is 4.79 Å². The number of nitrogens with zero attached hydrogens (tertiary/aromatic N) is 5. The van der Waals surface area contributed by atoms with Crippen LogP contribution >= 0.6 is 0 Å². The van der Waals surface area contributed by atoms with Crippen LogP contribution in [-0.2, 0) is 17.9 Å². The fourth-order valence-electron chi connectivity index (χ4n) is 2.44. The van der Waals surface area contributed by atoms with Crippen molar-refractivity contribution in [3.05, 3.63) is 11.9 Å². The standard InChI is InChI=1S/C12H22N6O/c1-3-16-4-5-17(7-10(16)2)12(19)9-18-8-11(6-13)14-15-18/h8,10H,3-7,9,13H2,1-2H3. The van der Waals surface area contributed by atoms with E-state index in [2.05, 4.69) is 29.1 Å². The third kappa shape index (κ3) is 3.30. The molecule has 2 heterocycles. The Kier molecular flexibility index (Phi) is 4.49. The summed E-state index contributed by atoms with van der Waals surface area (Å²) >= 11 is 0. The average molecular weight is 266 g/mol. The summed E-state index contributed by atoms with van der Waals surface area (Å²) < 4.78 is 1.56. The van der Waals surface area contributed by atoms with Crippen LogP contribution in [0.3, 0.4) is 0 Å². The number of carbonyl (C=O) groups is 1. The van der Waals surface area contributed by atoms with Gasteiger partial charge in [-0.1, -0.05) is 12.1 Å². The van der Waals surface area contributed by atoms with Gasteiger partial charge in [0.1, 0.15) is 6.54 Å². The molecule has 0 spiro atoms. The van der Waals surface area contributed by atoms with E-state index in [4.69, 9.17) is 5.73 Å². The summed E-state index contributed by atoms with van der Waals surface area (Å²) in [6.07, 6.45) is 1.73. The average Bonchev–Trinajstić information content (AvgIpc) is 2.86. The molecular formula is C12H22N6O. The van der Waals surface area contributed by atoms with Crippen molar-refractivity contribution in [2.75, 3.05) is 26.2 Å². The van der Waals surface area contributed by atoms with Gasteiger partial charge in [-0.25, -0.2) is 4.68 Å². The van der Waals surface area contributed by atoms with Gasteiger partial charge in [-0.05, 0) is 13.5 Å². The summed E-state index contributed by atoms with van der Waals surface area (Å²) in [6, 6.07) is 0.415. The molecule has 2 rings (SSSR count). The second-order valence-corrected chi connectivity index (χ2v) is 4.93. The molecule has 1 fully saturated rings. The molecule has 19 heavy (non-hydrogen) atoms. The Morgan fingerprint density at radius 3 is 2.89 bits per heavy atom. The van der Waals surface area contributed by atoms with Crippen LogP contribution in [0, 0.1) is 0 Å². The zero-order valence-electron chi connectivity index (χ0n) is 11.6. The van der Waals surface area contributed by atoms with Gasteiger partial charge in [0.05, 0.1) is 11.9 Å². The Morgan fingerprint density at radius 2 is 2.32 bits per heavy atom. The summed E-state index contributed by atoms with van der Waals surface area (Å²) in [5.41, 5.74) is 6.17. The molecule has 106 valence electrons. The monoisotopic (exact) mass is 266 g/mol. The van der Waals surface area contributed by atoms with Crippen LogP contribution in [0.4, 0.5) is 0 Å². The summed E-state index contributed by atoms with van der Waals surface area (Å²) in [5.74, 6) is 0.0936. The third-order valence-electron chi connectivity index (χ3n) is 3.62. The summed E-state index contributed by atoms with van der Waals surface area (Å²) in [7, 11) is 0. The zero-order valence-corrected chi connectivity index (χ0v) is 11.6. The van der Waals surface area contributed by atoms with Crippen LogP contribution in [0.25, 0.3) is 0 Å². The van der Waals surface area contributed by atoms with Gasteiger partial charge in [-0.3, -0.25) is 9.69 Å². The van der Waals surface area contributed by atoms with Gasteiger partial charge < -0.3 is 10.6 Å². The zero-order chi connectivity index (χ0) is 13.8. The number of amides is 1. The number of likely N-dealkylation sites (N-methyl/N-ethyl adjacent to an activating group) is 1. The van der Waals surface area contributed by atoms with Crippen LogP contribution in [-0.4, -0.2) is 62.9 Å². The first-order valence-corrected chi connectivity index (χ1v) is 6.75. The molecule has 1 aliphatic rings. The summed E-state index contributed by atoms with van der Waals surface area (Å²) in [6.45, 7) is 8.44. The Labute approximate surface area is 113 Å². The third-order valence-corrected chi connectivity index (χ3v) is 3.62.